The molecular weight excluding hydrogens is 259 g/mol. The SMILES string of the molecule is OCC(Br)CCBr.[Cl-]. The molecule has 52 valence electrons. The smallest absolute Gasteiger partial charge is 0.0556 e. The van der Waals surface area contributed by atoms with Crippen LogP contribution in [0.4, 0.5) is 0 Å². The molecule has 0 aliphatic heterocycles. The summed E-state index contributed by atoms with van der Waals surface area (Å²) < 4.78 is 0. The summed E-state index contributed by atoms with van der Waals surface area (Å²) in [6.45, 7) is 0.228. The van der Waals surface area contributed by atoms with Crippen molar-refractivity contribution < 1.29 is 17.5 Å². The van der Waals surface area contributed by atoms with Crippen LogP contribution in [-0.4, -0.2) is 21.9 Å². The fourth-order valence-electron chi connectivity index (χ4n) is 0.210. The fraction of sp³-hybridized carbons (Fsp3) is 1.00. The number of hydrogen-bond donors (Lipinski definition) is 1. The van der Waals surface area contributed by atoms with Gasteiger partial charge in [0.05, 0.1) is 6.61 Å². The Kier molecular flexibility index (Phi) is 12.3. The van der Waals surface area contributed by atoms with E-state index in [-0.39, 0.29) is 23.8 Å². The van der Waals surface area contributed by atoms with Crippen molar-refractivity contribution in [3.05, 3.63) is 0 Å². The van der Waals surface area contributed by atoms with E-state index >= 15 is 0 Å². The Labute approximate surface area is 72.5 Å². The van der Waals surface area contributed by atoms with Crippen LogP contribution >= 0.6 is 31.9 Å². The average Bonchev–Trinajstić information content (AvgIpc) is 1.68. The van der Waals surface area contributed by atoms with Crippen LogP contribution < -0.4 is 12.4 Å². The first kappa shape index (κ1) is 11.9. The van der Waals surface area contributed by atoms with Crippen molar-refractivity contribution in [3.8, 4) is 0 Å². The maximum absolute atomic E-state index is 8.40. The standard InChI is InChI=1S/C4H8Br2O.ClH/c5-2-1-4(6)3-7;/h4,7H,1-3H2;1H/p-1. The lowest BCUT2D eigenvalue weighted by Gasteiger charge is -1.98. The molecule has 0 heterocycles. The van der Waals surface area contributed by atoms with E-state index in [1.165, 1.54) is 0 Å². The number of alkyl halides is 2. The van der Waals surface area contributed by atoms with Crippen LogP contribution in [0.2, 0.25) is 0 Å². The number of halogens is 3. The summed E-state index contributed by atoms with van der Waals surface area (Å²) in [5.74, 6) is 0. The summed E-state index contributed by atoms with van der Waals surface area (Å²) in [6.07, 6.45) is 0.983. The van der Waals surface area contributed by atoms with Gasteiger partial charge in [0.1, 0.15) is 0 Å². The molecule has 0 amide bonds. The maximum Gasteiger partial charge on any atom is 0.0556 e. The van der Waals surface area contributed by atoms with Gasteiger partial charge in [0.25, 0.3) is 0 Å². The second-order valence-corrected chi connectivity index (χ2v) is 3.35. The molecule has 0 spiro atoms. The minimum absolute atomic E-state index is 0. The molecule has 0 aromatic carbocycles. The molecule has 0 fully saturated rings. The summed E-state index contributed by atoms with van der Waals surface area (Å²) in [4.78, 5) is 0.270. The Morgan fingerprint density at radius 1 is 1.50 bits per heavy atom. The third-order valence-corrected chi connectivity index (χ3v) is 1.83. The second kappa shape index (κ2) is 8.21. The van der Waals surface area contributed by atoms with Gasteiger partial charge in [0.15, 0.2) is 0 Å². The molecule has 0 aliphatic rings. The number of hydrogen-bond acceptors (Lipinski definition) is 1. The lowest BCUT2D eigenvalue weighted by molar-refractivity contribution is -0.00000231. The normalized spacial score (nSPS) is 12.4. The van der Waals surface area contributed by atoms with Gasteiger partial charge in [-0.15, -0.1) is 0 Å². The highest BCUT2D eigenvalue weighted by Crippen LogP contribution is 2.04. The van der Waals surface area contributed by atoms with E-state index in [1.807, 2.05) is 0 Å². The Hall–Kier alpha value is 1.21. The Bertz CT molecular complexity index is 45.0. The minimum Gasteiger partial charge on any atom is -1.00 e. The first-order chi connectivity index (χ1) is 3.31. The first-order valence-corrected chi connectivity index (χ1v) is 4.16. The summed E-state index contributed by atoms with van der Waals surface area (Å²) in [5, 5.41) is 9.35. The molecule has 1 N–H and O–H groups in total. The van der Waals surface area contributed by atoms with Crippen LogP contribution in [0.25, 0.3) is 0 Å². The van der Waals surface area contributed by atoms with Gasteiger partial charge in [-0.25, -0.2) is 0 Å². The number of aliphatic hydroxyl groups is 1. The zero-order chi connectivity index (χ0) is 5.70. The van der Waals surface area contributed by atoms with Gasteiger partial charge in [0, 0.05) is 10.2 Å². The number of rotatable bonds is 3. The quantitative estimate of drug-likeness (QED) is 0.619. The second-order valence-electron chi connectivity index (χ2n) is 1.26. The molecule has 0 saturated heterocycles. The van der Waals surface area contributed by atoms with Crippen LogP contribution in [0.1, 0.15) is 6.42 Å². The highest BCUT2D eigenvalue weighted by Gasteiger charge is 1.97. The first-order valence-electron chi connectivity index (χ1n) is 2.12. The van der Waals surface area contributed by atoms with Crippen LogP contribution in [0.3, 0.4) is 0 Å². The maximum atomic E-state index is 8.40. The molecule has 1 atom stereocenters. The van der Waals surface area contributed by atoms with Gasteiger partial charge in [-0.2, -0.15) is 0 Å². The van der Waals surface area contributed by atoms with Crippen molar-refractivity contribution in [2.24, 2.45) is 0 Å². The molecule has 0 radical (unpaired) electrons. The highest BCUT2D eigenvalue weighted by molar-refractivity contribution is 9.10. The molecule has 0 saturated carbocycles. The number of aliphatic hydroxyl groups excluding tert-OH is 1. The lowest BCUT2D eigenvalue weighted by atomic mass is 10.4. The molecule has 4 heteroatoms. The summed E-state index contributed by atoms with van der Waals surface area (Å²) in [7, 11) is 0. The summed E-state index contributed by atoms with van der Waals surface area (Å²) in [6, 6.07) is 0. The monoisotopic (exact) mass is 265 g/mol. The molecule has 0 aromatic heterocycles. The molecule has 0 bridgehead atoms. The molecule has 0 aliphatic carbocycles. The van der Waals surface area contributed by atoms with Gasteiger partial charge in [-0.3, -0.25) is 0 Å². The fourth-order valence-corrected chi connectivity index (χ4v) is 1.61. The van der Waals surface area contributed by atoms with Gasteiger partial charge < -0.3 is 17.5 Å². The van der Waals surface area contributed by atoms with Crippen molar-refractivity contribution >= 4 is 31.9 Å². The van der Waals surface area contributed by atoms with Crippen LogP contribution in [0.5, 0.6) is 0 Å². The topological polar surface area (TPSA) is 20.2 Å². The van der Waals surface area contributed by atoms with Crippen LogP contribution in [0, 0.1) is 0 Å². The molecule has 8 heavy (non-hydrogen) atoms. The van der Waals surface area contributed by atoms with E-state index in [0.717, 1.165) is 11.8 Å². The van der Waals surface area contributed by atoms with Gasteiger partial charge in [-0.05, 0) is 6.42 Å². The van der Waals surface area contributed by atoms with Gasteiger partial charge in [0.2, 0.25) is 0 Å². The van der Waals surface area contributed by atoms with E-state index < -0.39 is 0 Å². The van der Waals surface area contributed by atoms with Crippen LogP contribution in [0.15, 0.2) is 0 Å². The van der Waals surface area contributed by atoms with Crippen molar-refractivity contribution in [3.63, 3.8) is 0 Å². The van der Waals surface area contributed by atoms with E-state index in [2.05, 4.69) is 31.9 Å². The Morgan fingerprint density at radius 3 is 2.12 bits per heavy atom. The largest absolute Gasteiger partial charge is 1.00 e. The third kappa shape index (κ3) is 7.21. The van der Waals surface area contributed by atoms with E-state index in [1.54, 1.807) is 0 Å². The zero-order valence-corrected chi connectivity index (χ0v) is 8.21. The Morgan fingerprint density at radius 2 is 2.00 bits per heavy atom. The van der Waals surface area contributed by atoms with E-state index in [9.17, 15) is 0 Å². The van der Waals surface area contributed by atoms with Gasteiger partial charge >= 0.3 is 0 Å². The summed E-state index contributed by atoms with van der Waals surface area (Å²) in [5.41, 5.74) is 0. The van der Waals surface area contributed by atoms with E-state index in [4.69, 9.17) is 5.11 Å². The van der Waals surface area contributed by atoms with Gasteiger partial charge in [-0.1, -0.05) is 31.9 Å². The van der Waals surface area contributed by atoms with Crippen molar-refractivity contribution in [2.45, 2.75) is 11.2 Å². The predicted octanol–water partition coefficient (Wildman–Crippen LogP) is -1.47. The molecule has 1 nitrogen and oxygen atoms in total. The molecule has 1 unspecified atom stereocenters. The Balaban J connectivity index is 0. The van der Waals surface area contributed by atoms with Crippen molar-refractivity contribution in [1.29, 1.82) is 0 Å². The molecule has 0 aromatic rings. The van der Waals surface area contributed by atoms with Crippen molar-refractivity contribution in [1.82, 2.24) is 0 Å². The lowest BCUT2D eigenvalue weighted by Crippen LogP contribution is -3.00. The highest BCUT2D eigenvalue weighted by atomic mass is 79.9. The summed E-state index contributed by atoms with van der Waals surface area (Å²) >= 11 is 6.51. The van der Waals surface area contributed by atoms with Crippen LogP contribution in [-0.2, 0) is 0 Å². The van der Waals surface area contributed by atoms with Crippen molar-refractivity contribution in [2.75, 3.05) is 11.9 Å². The predicted molar refractivity (Wildman–Crippen MR) is 38.2 cm³/mol. The average molecular weight is 267 g/mol. The minimum atomic E-state index is 0. The molecular formula is C4H8Br2ClO-. The zero-order valence-electron chi connectivity index (χ0n) is 4.28. The third-order valence-electron chi connectivity index (χ3n) is 0.620. The van der Waals surface area contributed by atoms with E-state index in [0.29, 0.717) is 0 Å². The molecule has 0 rings (SSSR count).